The van der Waals surface area contributed by atoms with Gasteiger partial charge in [0.25, 0.3) is 0 Å². The highest BCUT2D eigenvalue weighted by molar-refractivity contribution is 6.42. The van der Waals surface area contributed by atoms with Crippen LogP contribution in [0, 0.1) is 5.82 Å². The van der Waals surface area contributed by atoms with E-state index in [1.807, 2.05) is 12.1 Å². The molecule has 2 aromatic carbocycles. The minimum atomic E-state index is -0.254. The first kappa shape index (κ1) is 19.3. The van der Waals surface area contributed by atoms with E-state index in [0.29, 0.717) is 23.1 Å². The Morgan fingerprint density at radius 1 is 1.09 bits per heavy atom. The Morgan fingerprint density at radius 3 is 2.50 bits per heavy atom. The largest absolute Gasteiger partial charge is 0.365 e. The minimum absolute atomic E-state index is 0. The van der Waals surface area contributed by atoms with Crippen LogP contribution in [0.5, 0.6) is 0 Å². The molecule has 22 heavy (non-hydrogen) atoms. The van der Waals surface area contributed by atoms with Gasteiger partial charge in [-0.15, -0.1) is 24.8 Å². The lowest BCUT2D eigenvalue weighted by molar-refractivity contribution is 0.624. The number of hydrogen-bond donors (Lipinski definition) is 1. The Kier molecular flexibility index (Phi) is 6.78. The van der Waals surface area contributed by atoms with Gasteiger partial charge in [-0.1, -0.05) is 29.3 Å². The number of nitrogens with two attached hydrogens (primary N) is 1. The van der Waals surface area contributed by atoms with Crippen LogP contribution >= 0.6 is 48.0 Å². The molecular weight excluding hydrogens is 369 g/mol. The lowest BCUT2D eigenvalue weighted by Gasteiger charge is -2.20. The molecule has 0 aliphatic carbocycles. The van der Waals surface area contributed by atoms with Crippen molar-refractivity contribution in [2.24, 2.45) is 5.73 Å². The van der Waals surface area contributed by atoms with Crippen molar-refractivity contribution in [2.75, 3.05) is 11.4 Å². The van der Waals surface area contributed by atoms with Crippen molar-refractivity contribution >= 4 is 53.7 Å². The molecule has 2 nitrogen and oxygen atoms in total. The summed E-state index contributed by atoms with van der Waals surface area (Å²) in [5.41, 5.74) is 8.93. The van der Waals surface area contributed by atoms with E-state index in [0.717, 1.165) is 16.8 Å². The molecule has 3 rings (SSSR count). The average molecular weight is 384 g/mol. The van der Waals surface area contributed by atoms with Crippen molar-refractivity contribution in [2.45, 2.75) is 12.6 Å². The highest BCUT2D eigenvalue weighted by atomic mass is 35.5. The second-order valence-electron chi connectivity index (χ2n) is 4.94. The Balaban J connectivity index is 0.00000121. The van der Waals surface area contributed by atoms with Crippen molar-refractivity contribution in [1.82, 2.24) is 0 Å². The molecule has 1 heterocycles. The van der Waals surface area contributed by atoms with Gasteiger partial charge in [-0.05, 0) is 41.5 Å². The summed E-state index contributed by atoms with van der Waals surface area (Å²) in [5.74, 6) is -0.254. The molecule has 7 heteroatoms. The molecule has 1 aliphatic heterocycles. The van der Waals surface area contributed by atoms with Crippen LogP contribution in [0.15, 0.2) is 36.4 Å². The molecule has 1 unspecified atom stereocenters. The summed E-state index contributed by atoms with van der Waals surface area (Å²) < 4.78 is 13.3. The van der Waals surface area contributed by atoms with Gasteiger partial charge in [0.05, 0.1) is 10.0 Å². The Morgan fingerprint density at radius 2 is 1.82 bits per heavy atom. The van der Waals surface area contributed by atoms with Gasteiger partial charge in [0.15, 0.2) is 0 Å². The highest BCUT2D eigenvalue weighted by Crippen LogP contribution is 2.35. The summed E-state index contributed by atoms with van der Waals surface area (Å²) in [5, 5.41) is 1.07. The van der Waals surface area contributed by atoms with Crippen LogP contribution in [0.4, 0.5) is 10.1 Å². The summed E-state index contributed by atoms with van der Waals surface area (Å²) in [6, 6.07) is 10.1. The van der Waals surface area contributed by atoms with Crippen LogP contribution in [0.25, 0.3) is 0 Å². The van der Waals surface area contributed by atoms with Crippen LogP contribution in [0.2, 0.25) is 10.0 Å². The van der Waals surface area contributed by atoms with Crippen molar-refractivity contribution in [1.29, 1.82) is 0 Å². The Bertz CT molecular complexity index is 666. The van der Waals surface area contributed by atoms with Gasteiger partial charge in [-0.3, -0.25) is 0 Å². The van der Waals surface area contributed by atoms with Crippen molar-refractivity contribution in [3.63, 3.8) is 0 Å². The molecule has 0 amide bonds. The molecule has 1 aliphatic rings. The zero-order valence-corrected chi connectivity index (χ0v) is 14.6. The molecule has 0 aromatic heterocycles. The lowest BCUT2D eigenvalue weighted by atomic mass is 10.1. The zero-order chi connectivity index (χ0) is 14.3. The number of anilines is 1. The number of nitrogens with zero attached hydrogens (tertiary/aromatic N) is 1. The van der Waals surface area contributed by atoms with Crippen LogP contribution < -0.4 is 10.6 Å². The van der Waals surface area contributed by atoms with E-state index in [1.165, 1.54) is 12.1 Å². The van der Waals surface area contributed by atoms with Gasteiger partial charge in [-0.2, -0.15) is 0 Å². The fourth-order valence-electron chi connectivity index (χ4n) is 2.55. The fourth-order valence-corrected chi connectivity index (χ4v) is 2.87. The van der Waals surface area contributed by atoms with Gasteiger partial charge in [0, 0.05) is 24.8 Å². The maximum absolute atomic E-state index is 13.3. The predicted octanol–water partition coefficient (Wildman–Crippen LogP) is 5.00. The molecule has 120 valence electrons. The Hall–Kier alpha value is -0.710. The maximum Gasteiger partial charge on any atom is 0.123 e. The molecule has 0 saturated heterocycles. The standard InChI is InChI=1S/C15H13Cl2FN2.2ClH/c16-12-3-1-9(5-13(12)17)7-20-8-14(19)11-6-10(18)2-4-15(11)20;;/h1-6,14H,7-8,19H2;2*1H. The summed E-state index contributed by atoms with van der Waals surface area (Å²) in [6.07, 6.45) is 0. The number of rotatable bonds is 2. The molecule has 0 radical (unpaired) electrons. The van der Waals surface area contributed by atoms with E-state index >= 15 is 0 Å². The third-order valence-electron chi connectivity index (χ3n) is 3.50. The molecule has 0 bridgehead atoms. The highest BCUT2D eigenvalue weighted by Gasteiger charge is 2.26. The average Bonchev–Trinajstić information content (AvgIpc) is 2.70. The molecule has 0 spiro atoms. The molecule has 0 saturated carbocycles. The topological polar surface area (TPSA) is 29.3 Å². The minimum Gasteiger partial charge on any atom is -0.365 e. The number of hydrogen-bond acceptors (Lipinski definition) is 2. The predicted molar refractivity (Wildman–Crippen MR) is 95.3 cm³/mol. The summed E-state index contributed by atoms with van der Waals surface area (Å²) in [6.45, 7) is 1.34. The molecular formula is C15H15Cl4FN2. The number of halogens is 5. The van der Waals surface area contributed by atoms with Crippen LogP contribution in [-0.4, -0.2) is 6.54 Å². The van der Waals surface area contributed by atoms with E-state index in [-0.39, 0.29) is 36.7 Å². The van der Waals surface area contributed by atoms with Crippen molar-refractivity contribution < 1.29 is 4.39 Å². The summed E-state index contributed by atoms with van der Waals surface area (Å²) in [4.78, 5) is 2.12. The van der Waals surface area contributed by atoms with E-state index < -0.39 is 0 Å². The van der Waals surface area contributed by atoms with E-state index in [2.05, 4.69) is 4.90 Å². The molecule has 2 aromatic rings. The molecule has 0 fully saturated rings. The van der Waals surface area contributed by atoms with Crippen molar-refractivity contribution in [3.05, 3.63) is 63.4 Å². The summed E-state index contributed by atoms with van der Waals surface area (Å²) in [7, 11) is 0. The number of fused-ring (bicyclic) bond motifs is 1. The first-order chi connectivity index (χ1) is 9.54. The van der Waals surface area contributed by atoms with Crippen molar-refractivity contribution in [3.8, 4) is 0 Å². The van der Waals surface area contributed by atoms with Gasteiger partial charge in [0.2, 0.25) is 0 Å². The van der Waals surface area contributed by atoms with E-state index in [9.17, 15) is 4.39 Å². The van der Waals surface area contributed by atoms with Crippen LogP contribution in [-0.2, 0) is 6.54 Å². The van der Waals surface area contributed by atoms with E-state index in [4.69, 9.17) is 28.9 Å². The third-order valence-corrected chi connectivity index (χ3v) is 4.24. The third kappa shape index (κ3) is 3.79. The summed E-state index contributed by atoms with van der Waals surface area (Å²) >= 11 is 11.9. The molecule has 1 atom stereocenters. The normalized spacial score (nSPS) is 15.8. The first-order valence-corrected chi connectivity index (χ1v) is 7.04. The van der Waals surface area contributed by atoms with Gasteiger partial charge in [0.1, 0.15) is 5.82 Å². The van der Waals surface area contributed by atoms with Gasteiger partial charge in [-0.25, -0.2) is 4.39 Å². The monoisotopic (exact) mass is 382 g/mol. The Labute approximate surface area is 151 Å². The number of benzene rings is 2. The van der Waals surface area contributed by atoms with Gasteiger partial charge < -0.3 is 10.6 Å². The quantitative estimate of drug-likeness (QED) is 0.790. The smallest absolute Gasteiger partial charge is 0.123 e. The zero-order valence-electron chi connectivity index (χ0n) is 11.4. The van der Waals surface area contributed by atoms with Crippen LogP contribution in [0.3, 0.4) is 0 Å². The second-order valence-corrected chi connectivity index (χ2v) is 5.75. The SMILES string of the molecule is Cl.Cl.NC1CN(Cc2ccc(Cl)c(Cl)c2)c2ccc(F)cc21. The van der Waals surface area contributed by atoms with Gasteiger partial charge >= 0.3 is 0 Å². The molecule has 2 N–H and O–H groups in total. The maximum atomic E-state index is 13.3. The van der Waals surface area contributed by atoms with Crippen LogP contribution in [0.1, 0.15) is 17.2 Å². The first-order valence-electron chi connectivity index (χ1n) is 6.28. The van der Waals surface area contributed by atoms with E-state index in [1.54, 1.807) is 12.1 Å². The second kappa shape index (κ2) is 7.71. The lowest BCUT2D eigenvalue weighted by Crippen LogP contribution is -2.23. The fraction of sp³-hybridized carbons (Fsp3) is 0.200.